The Bertz CT molecular complexity index is 931. The summed E-state index contributed by atoms with van der Waals surface area (Å²) in [5, 5.41) is 0.368. The van der Waals surface area contributed by atoms with Gasteiger partial charge in [-0.3, -0.25) is 0 Å². The van der Waals surface area contributed by atoms with E-state index in [0.29, 0.717) is 5.02 Å². The summed E-state index contributed by atoms with van der Waals surface area (Å²) in [6, 6.07) is 7.39. The number of sulfone groups is 1. The van der Waals surface area contributed by atoms with E-state index in [9.17, 15) is 17.2 Å². The monoisotopic (exact) mass is 402 g/mol. The average Bonchev–Trinajstić information content (AvgIpc) is 2.60. The second-order valence-corrected chi connectivity index (χ2v) is 9.02. The lowest BCUT2D eigenvalue weighted by atomic mass is 9.84. The summed E-state index contributed by atoms with van der Waals surface area (Å²) in [5.74, 6) is -2.77. The van der Waals surface area contributed by atoms with Gasteiger partial charge in [0.25, 0.3) is 0 Å². The summed E-state index contributed by atoms with van der Waals surface area (Å²) in [7, 11) is -2.72. The van der Waals surface area contributed by atoms with Crippen LogP contribution < -0.4 is 4.74 Å². The van der Waals surface area contributed by atoms with Crippen molar-refractivity contribution in [3.63, 3.8) is 0 Å². The Hall–Kier alpha value is -1.70. The second-order valence-electron chi connectivity index (χ2n) is 6.26. The fraction of sp³-hybridized carbons (Fsp3) is 0.333. The van der Waals surface area contributed by atoms with Crippen molar-refractivity contribution < 1.29 is 26.7 Å². The first-order chi connectivity index (χ1) is 12.2. The Morgan fingerprint density at radius 1 is 1.19 bits per heavy atom. The molecule has 0 aliphatic carbocycles. The molecule has 0 fully saturated rings. The lowest BCUT2D eigenvalue weighted by molar-refractivity contribution is 0.0769. The van der Waals surface area contributed by atoms with Crippen LogP contribution in [-0.2, 0) is 19.3 Å². The molecule has 2 aromatic rings. The van der Waals surface area contributed by atoms with Crippen LogP contribution in [0.1, 0.15) is 12.5 Å². The largest absolute Gasteiger partial charge is 0.490 e. The van der Waals surface area contributed by atoms with Gasteiger partial charge < -0.3 is 9.47 Å². The van der Waals surface area contributed by atoms with Crippen molar-refractivity contribution in [2.45, 2.75) is 16.6 Å². The Kier molecular flexibility index (Phi) is 4.98. The predicted molar refractivity (Wildman–Crippen MR) is 93.2 cm³/mol. The number of ether oxygens (including phenoxy) is 2. The highest BCUT2D eigenvalue weighted by molar-refractivity contribution is 7.92. The third kappa shape index (κ3) is 2.78. The Labute approximate surface area is 155 Å². The van der Waals surface area contributed by atoms with Gasteiger partial charge in [0.2, 0.25) is 0 Å². The van der Waals surface area contributed by atoms with E-state index in [1.165, 1.54) is 38.3 Å². The molecule has 1 heterocycles. The van der Waals surface area contributed by atoms with Crippen LogP contribution in [0, 0.1) is 17.6 Å². The molecule has 0 saturated heterocycles. The number of benzene rings is 2. The fourth-order valence-corrected chi connectivity index (χ4v) is 5.45. The van der Waals surface area contributed by atoms with Crippen LogP contribution in [0.15, 0.2) is 41.3 Å². The highest BCUT2D eigenvalue weighted by atomic mass is 35.5. The zero-order chi connectivity index (χ0) is 19.1. The fourth-order valence-electron chi connectivity index (χ4n) is 3.30. The van der Waals surface area contributed by atoms with Crippen LogP contribution in [-0.4, -0.2) is 28.7 Å². The molecular formula is C18H17ClF2O4S. The van der Waals surface area contributed by atoms with Crippen LogP contribution in [0.4, 0.5) is 8.78 Å². The lowest BCUT2D eigenvalue weighted by Crippen LogP contribution is -2.48. The molecule has 0 bridgehead atoms. The summed E-state index contributed by atoms with van der Waals surface area (Å²) in [5.41, 5.74) is -0.319. The van der Waals surface area contributed by atoms with Crippen molar-refractivity contribution in [3.05, 3.63) is 58.6 Å². The van der Waals surface area contributed by atoms with E-state index in [2.05, 4.69) is 0 Å². The van der Waals surface area contributed by atoms with E-state index in [-0.39, 0.29) is 29.4 Å². The van der Waals surface area contributed by atoms with Crippen LogP contribution in [0.2, 0.25) is 5.02 Å². The molecule has 0 radical (unpaired) electrons. The minimum atomic E-state index is -4.13. The molecule has 0 aromatic heterocycles. The van der Waals surface area contributed by atoms with Gasteiger partial charge in [0.05, 0.1) is 23.7 Å². The average molecular weight is 403 g/mol. The predicted octanol–water partition coefficient (Wildman–Crippen LogP) is 3.96. The molecule has 0 N–H and O–H groups in total. The summed E-state index contributed by atoms with van der Waals surface area (Å²) < 4.78 is 64.6. The summed E-state index contributed by atoms with van der Waals surface area (Å²) in [6.07, 6.45) is 0. The third-order valence-electron chi connectivity index (χ3n) is 4.81. The molecule has 3 rings (SSSR count). The minimum absolute atomic E-state index is 0.00128. The van der Waals surface area contributed by atoms with Gasteiger partial charge in [-0.2, -0.15) is 0 Å². The van der Waals surface area contributed by atoms with E-state index in [4.69, 9.17) is 21.1 Å². The number of hydrogen-bond acceptors (Lipinski definition) is 4. The van der Waals surface area contributed by atoms with E-state index in [1.54, 1.807) is 0 Å². The van der Waals surface area contributed by atoms with Gasteiger partial charge in [-0.25, -0.2) is 17.2 Å². The lowest BCUT2D eigenvalue weighted by Gasteiger charge is -2.41. The maximum Gasteiger partial charge on any atom is 0.188 e. The molecule has 4 nitrogen and oxygen atoms in total. The van der Waals surface area contributed by atoms with E-state index < -0.39 is 32.1 Å². The number of halogens is 3. The number of rotatable bonds is 4. The van der Waals surface area contributed by atoms with Gasteiger partial charge in [0.15, 0.2) is 21.4 Å². The molecule has 2 atom stereocenters. The van der Waals surface area contributed by atoms with Gasteiger partial charge >= 0.3 is 0 Å². The van der Waals surface area contributed by atoms with Crippen LogP contribution in [0.3, 0.4) is 0 Å². The normalized spacial score (nSPS) is 22.6. The highest BCUT2D eigenvalue weighted by Gasteiger charge is 2.54. The van der Waals surface area contributed by atoms with E-state index >= 15 is 0 Å². The zero-order valence-electron chi connectivity index (χ0n) is 14.1. The highest BCUT2D eigenvalue weighted by Crippen LogP contribution is 2.50. The smallest absolute Gasteiger partial charge is 0.188 e. The van der Waals surface area contributed by atoms with Crippen LogP contribution in [0.5, 0.6) is 5.75 Å². The summed E-state index contributed by atoms with van der Waals surface area (Å²) in [4.78, 5) is -0.0398. The maximum atomic E-state index is 14.7. The number of methoxy groups -OCH3 is 1. The molecule has 2 aromatic carbocycles. The Balaban J connectivity index is 2.30. The molecular weight excluding hydrogens is 386 g/mol. The van der Waals surface area contributed by atoms with Gasteiger partial charge in [0.1, 0.15) is 10.6 Å². The number of fused-ring (bicyclic) bond motifs is 1. The van der Waals surface area contributed by atoms with Gasteiger partial charge in [-0.15, -0.1) is 0 Å². The van der Waals surface area contributed by atoms with Crippen molar-refractivity contribution >= 4 is 21.4 Å². The first-order valence-electron chi connectivity index (χ1n) is 7.84. The molecule has 26 heavy (non-hydrogen) atoms. The molecule has 0 spiro atoms. The van der Waals surface area contributed by atoms with Crippen molar-refractivity contribution in [1.29, 1.82) is 0 Å². The molecule has 1 aliphatic rings. The van der Waals surface area contributed by atoms with E-state index in [0.717, 1.165) is 12.1 Å². The molecule has 140 valence electrons. The molecule has 1 aliphatic heterocycles. The van der Waals surface area contributed by atoms with Crippen molar-refractivity contribution in [2.24, 2.45) is 5.92 Å². The molecule has 0 amide bonds. The SMILES string of the molecule is COC[C@H]1COc2c(F)ccc(F)c2[C@@]1(C)S(=O)(=O)c1ccc(Cl)cc1. The van der Waals surface area contributed by atoms with Gasteiger partial charge in [-0.1, -0.05) is 11.6 Å². The summed E-state index contributed by atoms with van der Waals surface area (Å²) in [6.45, 7) is 1.26. The standard InChI is InChI=1S/C18H17ClF2O4S/c1-18(26(22,23)13-5-3-12(19)4-6-13)11(9-24-2)10-25-17-15(21)8-7-14(20)16(17)18/h3-8,11H,9-10H2,1-2H3/t11-,18-/m0/s1. The van der Waals surface area contributed by atoms with Gasteiger partial charge in [-0.05, 0) is 43.3 Å². The zero-order valence-corrected chi connectivity index (χ0v) is 15.7. The van der Waals surface area contributed by atoms with Crippen molar-refractivity contribution in [2.75, 3.05) is 20.3 Å². The molecule has 0 saturated carbocycles. The molecule has 0 unspecified atom stereocenters. The van der Waals surface area contributed by atoms with Crippen molar-refractivity contribution in [1.82, 2.24) is 0 Å². The quantitative estimate of drug-likeness (QED) is 0.776. The first kappa shape index (κ1) is 19.1. The van der Waals surface area contributed by atoms with E-state index in [1.807, 2.05) is 0 Å². The van der Waals surface area contributed by atoms with Crippen molar-refractivity contribution in [3.8, 4) is 5.75 Å². The Morgan fingerprint density at radius 2 is 1.81 bits per heavy atom. The topological polar surface area (TPSA) is 52.6 Å². The third-order valence-corrected chi connectivity index (χ3v) is 7.61. The van der Waals surface area contributed by atoms with Crippen LogP contribution >= 0.6 is 11.6 Å². The molecule has 8 heteroatoms. The number of hydrogen-bond donors (Lipinski definition) is 0. The van der Waals surface area contributed by atoms with Crippen LogP contribution in [0.25, 0.3) is 0 Å². The minimum Gasteiger partial charge on any atom is -0.490 e. The Morgan fingerprint density at radius 3 is 2.42 bits per heavy atom. The first-order valence-corrected chi connectivity index (χ1v) is 9.70. The second kappa shape index (κ2) is 6.79. The van der Waals surface area contributed by atoms with Gasteiger partial charge in [0, 0.05) is 18.1 Å². The summed E-state index contributed by atoms with van der Waals surface area (Å²) >= 11 is 5.84. The maximum absolute atomic E-state index is 14.7.